The number of rotatable bonds is 4. The van der Waals surface area contributed by atoms with Crippen molar-refractivity contribution in [2.24, 2.45) is 0 Å². The van der Waals surface area contributed by atoms with E-state index >= 15 is 0 Å². The van der Waals surface area contributed by atoms with Crippen molar-refractivity contribution >= 4 is 5.78 Å². The average Bonchev–Trinajstić information content (AvgIpc) is 2.54. The standard InChI is InChI=1S/C17H12F6O2/c18-16(19,20)13-8-6-12(7-9-13)15(25,17(21,22)23)10-14(24)11-4-2-1-3-5-11/h1-9,25H,10H2. The highest BCUT2D eigenvalue weighted by molar-refractivity contribution is 5.96. The first-order chi connectivity index (χ1) is 11.4. The van der Waals surface area contributed by atoms with Gasteiger partial charge in [-0.15, -0.1) is 0 Å². The van der Waals surface area contributed by atoms with Gasteiger partial charge in [-0.3, -0.25) is 4.79 Å². The molecule has 0 fully saturated rings. The molecule has 2 aromatic carbocycles. The van der Waals surface area contributed by atoms with Gasteiger partial charge in [0.1, 0.15) is 0 Å². The van der Waals surface area contributed by atoms with Gasteiger partial charge in [-0.25, -0.2) is 0 Å². The number of halogens is 6. The number of benzene rings is 2. The molecule has 0 aliphatic carbocycles. The quantitative estimate of drug-likeness (QED) is 0.631. The Morgan fingerprint density at radius 3 is 1.72 bits per heavy atom. The zero-order chi connectivity index (χ0) is 18.9. The molecule has 2 aromatic rings. The van der Waals surface area contributed by atoms with Crippen LogP contribution in [0.15, 0.2) is 54.6 Å². The van der Waals surface area contributed by atoms with E-state index in [1.165, 1.54) is 24.3 Å². The highest BCUT2D eigenvalue weighted by atomic mass is 19.4. The summed E-state index contributed by atoms with van der Waals surface area (Å²) in [5, 5.41) is 10.1. The summed E-state index contributed by atoms with van der Waals surface area (Å²) in [6.07, 6.45) is -11.3. The van der Waals surface area contributed by atoms with E-state index in [1.807, 2.05) is 0 Å². The number of alkyl halides is 6. The van der Waals surface area contributed by atoms with Gasteiger partial charge in [0.05, 0.1) is 12.0 Å². The highest BCUT2D eigenvalue weighted by Crippen LogP contribution is 2.43. The minimum absolute atomic E-state index is 0.0444. The fourth-order valence-electron chi connectivity index (χ4n) is 2.26. The first-order valence-electron chi connectivity index (χ1n) is 7.00. The molecule has 1 unspecified atom stereocenters. The largest absolute Gasteiger partial charge is 0.421 e. The van der Waals surface area contributed by atoms with Crippen LogP contribution in [0.25, 0.3) is 0 Å². The van der Waals surface area contributed by atoms with Crippen LogP contribution in [0.2, 0.25) is 0 Å². The molecule has 134 valence electrons. The van der Waals surface area contributed by atoms with Crippen molar-refractivity contribution in [2.45, 2.75) is 24.4 Å². The molecule has 0 heterocycles. The summed E-state index contributed by atoms with van der Waals surface area (Å²) >= 11 is 0. The fraction of sp³-hybridized carbons (Fsp3) is 0.235. The molecule has 0 saturated heterocycles. The predicted molar refractivity (Wildman–Crippen MR) is 76.8 cm³/mol. The molecule has 0 aromatic heterocycles. The average molecular weight is 362 g/mol. The van der Waals surface area contributed by atoms with Crippen LogP contribution < -0.4 is 0 Å². The van der Waals surface area contributed by atoms with Crippen molar-refractivity contribution in [2.75, 3.05) is 0 Å². The molecule has 8 heteroatoms. The molecule has 0 saturated carbocycles. The molecule has 0 radical (unpaired) electrons. The summed E-state index contributed by atoms with van der Waals surface area (Å²) in [6, 6.07) is 8.91. The number of ketones is 1. The topological polar surface area (TPSA) is 37.3 Å². The predicted octanol–water partition coefficient (Wildman–Crippen LogP) is 4.73. The third kappa shape index (κ3) is 4.01. The van der Waals surface area contributed by atoms with E-state index < -0.39 is 41.3 Å². The van der Waals surface area contributed by atoms with Crippen LogP contribution in [0.1, 0.15) is 27.9 Å². The van der Waals surface area contributed by atoms with Crippen molar-refractivity contribution in [1.29, 1.82) is 0 Å². The van der Waals surface area contributed by atoms with Crippen LogP contribution in [0, 0.1) is 0 Å². The number of aliphatic hydroxyl groups is 1. The first kappa shape index (κ1) is 19.0. The Hall–Kier alpha value is -2.35. The third-order valence-electron chi connectivity index (χ3n) is 3.67. The Balaban J connectivity index is 2.40. The molecule has 0 bridgehead atoms. The van der Waals surface area contributed by atoms with Crippen molar-refractivity contribution in [1.82, 2.24) is 0 Å². The van der Waals surface area contributed by atoms with Gasteiger partial charge in [0.15, 0.2) is 11.4 Å². The van der Waals surface area contributed by atoms with Gasteiger partial charge >= 0.3 is 12.4 Å². The maximum atomic E-state index is 13.4. The highest BCUT2D eigenvalue weighted by Gasteiger charge is 2.56. The van der Waals surface area contributed by atoms with Crippen LogP contribution in [0.4, 0.5) is 26.3 Å². The van der Waals surface area contributed by atoms with E-state index in [-0.39, 0.29) is 5.56 Å². The molecule has 2 nitrogen and oxygen atoms in total. The van der Waals surface area contributed by atoms with E-state index in [0.717, 1.165) is 0 Å². The van der Waals surface area contributed by atoms with Gasteiger partial charge in [-0.1, -0.05) is 42.5 Å². The van der Waals surface area contributed by atoms with Crippen molar-refractivity contribution in [3.8, 4) is 0 Å². The molecule has 25 heavy (non-hydrogen) atoms. The lowest BCUT2D eigenvalue weighted by atomic mass is 9.86. The van der Waals surface area contributed by atoms with Gasteiger partial charge < -0.3 is 5.11 Å². The van der Waals surface area contributed by atoms with Crippen LogP contribution in [0.5, 0.6) is 0 Å². The first-order valence-corrected chi connectivity index (χ1v) is 7.00. The third-order valence-corrected chi connectivity index (χ3v) is 3.67. The summed E-state index contributed by atoms with van der Waals surface area (Å²) in [5.41, 5.74) is -5.63. The maximum Gasteiger partial charge on any atom is 0.421 e. The summed E-state index contributed by atoms with van der Waals surface area (Å²) in [5.74, 6) is -0.986. The molecule has 2 rings (SSSR count). The lowest BCUT2D eigenvalue weighted by molar-refractivity contribution is -0.264. The molecular formula is C17H12F6O2. The van der Waals surface area contributed by atoms with Crippen molar-refractivity contribution in [3.63, 3.8) is 0 Å². The van der Waals surface area contributed by atoms with Crippen LogP contribution in [-0.4, -0.2) is 17.1 Å². The van der Waals surface area contributed by atoms with Crippen molar-refractivity contribution in [3.05, 3.63) is 71.3 Å². The Morgan fingerprint density at radius 2 is 1.28 bits per heavy atom. The molecule has 0 aliphatic rings. The molecule has 1 atom stereocenters. The lowest BCUT2D eigenvalue weighted by Gasteiger charge is -2.30. The summed E-state index contributed by atoms with van der Waals surface area (Å²) in [6.45, 7) is 0. The summed E-state index contributed by atoms with van der Waals surface area (Å²) in [7, 11) is 0. The minimum Gasteiger partial charge on any atom is -0.376 e. The Labute approximate surface area is 138 Å². The zero-order valence-corrected chi connectivity index (χ0v) is 12.5. The van der Waals surface area contributed by atoms with Gasteiger partial charge in [-0.05, 0) is 17.7 Å². The zero-order valence-electron chi connectivity index (χ0n) is 12.5. The summed E-state index contributed by atoms with van der Waals surface area (Å²) < 4.78 is 77.8. The van der Waals surface area contributed by atoms with Gasteiger partial charge in [-0.2, -0.15) is 26.3 Å². The molecular weight excluding hydrogens is 350 g/mol. The molecule has 0 amide bonds. The Morgan fingerprint density at radius 1 is 0.800 bits per heavy atom. The van der Waals surface area contributed by atoms with E-state index in [2.05, 4.69) is 0 Å². The monoisotopic (exact) mass is 362 g/mol. The molecule has 0 spiro atoms. The van der Waals surface area contributed by atoms with Gasteiger partial charge in [0.25, 0.3) is 0 Å². The molecule has 0 aliphatic heterocycles. The van der Waals surface area contributed by atoms with Crippen LogP contribution in [-0.2, 0) is 11.8 Å². The maximum absolute atomic E-state index is 13.4. The minimum atomic E-state index is -5.25. The second-order valence-electron chi connectivity index (χ2n) is 5.40. The number of Topliss-reactive ketones (excluding diaryl/α,β-unsaturated/α-hetero) is 1. The summed E-state index contributed by atoms with van der Waals surface area (Å²) in [4.78, 5) is 12.1. The Kier molecular flexibility index (Phi) is 4.94. The second kappa shape index (κ2) is 6.51. The normalized spacial score (nSPS) is 14.8. The smallest absolute Gasteiger partial charge is 0.376 e. The van der Waals surface area contributed by atoms with E-state index in [0.29, 0.717) is 24.3 Å². The van der Waals surface area contributed by atoms with Gasteiger partial charge in [0.2, 0.25) is 0 Å². The van der Waals surface area contributed by atoms with Crippen LogP contribution in [0.3, 0.4) is 0 Å². The fourth-order valence-corrected chi connectivity index (χ4v) is 2.26. The van der Waals surface area contributed by atoms with Gasteiger partial charge in [0, 0.05) is 5.56 Å². The van der Waals surface area contributed by atoms with E-state index in [9.17, 15) is 36.2 Å². The second-order valence-corrected chi connectivity index (χ2v) is 5.40. The number of carbonyl (C=O) groups is 1. The molecule has 1 N–H and O–H groups in total. The Bertz CT molecular complexity index is 734. The SMILES string of the molecule is O=C(CC(O)(c1ccc(C(F)(F)F)cc1)C(F)(F)F)c1ccccc1. The lowest BCUT2D eigenvalue weighted by Crippen LogP contribution is -2.44. The van der Waals surface area contributed by atoms with E-state index in [4.69, 9.17) is 0 Å². The number of hydrogen-bond donors (Lipinski definition) is 1. The number of carbonyl (C=O) groups excluding carboxylic acids is 1. The van der Waals surface area contributed by atoms with Crippen molar-refractivity contribution < 1.29 is 36.2 Å². The van der Waals surface area contributed by atoms with E-state index in [1.54, 1.807) is 6.07 Å². The van der Waals surface area contributed by atoms with Crippen LogP contribution >= 0.6 is 0 Å². The number of hydrogen-bond acceptors (Lipinski definition) is 2.